The molecule has 156 valence electrons. The van der Waals surface area contributed by atoms with Crippen LogP contribution in [0.2, 0.25) is 0 Å². The highest BCUT2D eigenvalue weighted by Crippen LogP contribution is 2.22. The molecule has 3 aromatic rings. The minimum Gasteiger partial charge on any atom is -0.487 e. The molecule has 0 saturated heterocycles. The van der Waals surface area contributed by atoms with E-state index in [1.807, 2.05) is 0 Å². The highest BCUT2D eigenvalue weighted by Gasteiger charge is 2.17. The second-order valence-corrected chi connectivity index (χ2v) is 6.72. The Morgan fingerprint density at radius 1 is 1.13 bits per heavy atom. The first kappa shape index (κ1) is 21.1. The standard InChI is InChI=1S/C21H20F2N4O3/c1-11-8-25-16(20(28)24-4)7-18(11)27-12(2)5-19(13(3)21(27)29)30-10-17-15(23)6-14(22)9-26-17/h5-9H,10H2,1-4H3,(H,24,28). The van der Waals surface area contributed by atoms with Gasteiger partial charge < -0.3 is 10.1 Å². The van der Waals surface area contributed by atoms with Gasteiger partial charge in [0.2, 0.25) is 0 Å². The van der Waals surface area contributed by atoms with E-state index in [9.17, 15) is 18.4 Å². The first-order valence-electron chi connectivity index (χ1n) is 9.08. The summed E-state index contributed by atoms with van der Waals surface area (Å²) in [4.78, 5) is 32.8. The second-order valence-electron chi connectivity index (χ2n) is 6.72. The zero-order valence-corrected chi connectivity index (χ0v) is 16.9. The Labute approximate surface area is 171 Å². The molecule has 1 N–H and O–H groups in total. The van der Waals surface area contributed by atoms with Gasteiger partial charge in [-0.25, -0.2) is 8.78 Å². The van der Waals surface area contributed by atoms with Crippen LogP contribution in [0.5, 0.6) is 5.75 Å². The van der Waals surface area contributed by atoms with Crippen LogP contribution in [0.25, 0.3) is 5.69 Å². The summed E-state index contributed by atoms with van der Waals surface area (Å²) in [6, 6.07) is 3.90. The topological polar surface area (TPSA) is 86.1 Å². The smallest absolute Gasteiger partial charge is 0.269 e. The maximum Gasteiger partial charge on any atom is 0.269 e. The van der Waals surface area contributed by atoms with Crippen molar-refractivity contribution in [2.24, 2.45) is 0 Å². The van der Waals surface area contributed by atoms with E-state index in [0.717, 1.165) is 12.3 Å². The van der Waals surface area contributed by atoms with Gasteiger partial charge in [-0.2, -0.15) is 0 Å². The third-order valence-electron chi connectivity index (χ3n) is 4.61. The van der Waals surface area contributed by atoms with Crippen molar-refractivity contribution >= 4 is 5.91 Å². The van der Waals surface area contributed by atoms with Crippen LogP contribution in [0.4, 0.5) is 8.78 Å². The van der Waals surface area contributed by atoms with Crippen LogP contribution in [0.15, 0.2) is 35.4 Å². The Kier molecular flexibility index (Phi) is 5.91. The lowest BCUT2D eigenvalue weighted by Gasteiger charge is -2.17. The van der Waals surface area contributed by atoms with Gasteiger partial charge in [-0.1, -0.05) is 0 Å². The summed E-state index contributed by atoms with van der Waals surface area (Å²) in [6.45, 7) is 4.82. The molecule has 1 amide bonds. The fourth-order valence-electron chi connectivity index (χ4n) is 2.95. The average Bonchev–Trinajstić information content (AvgIpc) is 2.71. The number of carbonyl (C=O) groups excluding carboxylic acids is 1. The van der Waals surface area contributed by atoms with Crippen molar-refractivity contribution in [2.75, 3.05) is 7.05 Å². The van der Waals surface area contributed by atoms with Gasteiger partial charge in [0, 0.05) is 31.1 Å². The monoisotopic (exact) mass is 414 g/mol. The third-order valence-corrected chi connectivity index (χ3v) is 4.61. The van der Waals surface area contributed by atoms with Gasteiger partial charge in [0.15, 0.2) is 5.82 Å². The van der Waals surface area contributed by atoms with Gasteiger partial charge in [0.1, 0.15) is 29.6 Å². The molecule has 3 aromatic heterocycles. The molecule has 0 aliphatic heterocycles. The summed E-state index contributed by atoms with van der Waals surface area (Å²) >= 11 is 0. The van der Waals surface area contributed by atoms with Crippen LogP contribution in [-0.4, -0.2) is 27.5 Å². The van der Waals surface area contributed by atoms with E-state index in [0.29, 0.717) is 22.5 Å². The van der Waals surface area contributed by atoms with Crippen LogP contribution in [-0.2, 0) is 6.61 Å². The van der Waals surface area contributed by atoms with Crippen LogP contribution < -0.4 is 15.6 Å². The molecule has 9 heteroatoms. The van der Waals surface area contributed by atoms with Crippen molar-refractivity contribution in [3.05, 3.63) is 80.8 Å². The van der Waals surface area contributed by atoms with Gasteiger partial charge in [0.05, 0.1) is 17.4 Å². The van der Waals surface area contributed by atoms with Crippen LogP contribution in [0.1, 0.15) is 33.0 Å². The van der Waals surface area contributed by atoms with Crippen LogP contribution in [0, 0.1) is 32.4 Å². The molecule has 0 aliphatic rings. The van der Waals surface area contributed by atoms with E-state index >= 15 is 0 Å². The number of ether oxygens (including phenoxy) is 1. The molecule has 3 rings (SSSR count). The predicted octanol–water partition coefficient (Wildman–Crippen LogP) is 2.77. The molecule has 0 bridgehead atoms. The van der Waals surface area contributed by atoms with E-state index in [1.54, 1.807) is 32.9 Å². The molecule has 0 aromatic carbocycles. The molecule has 30 heavy (non-hydrogen) atoms. The summed E-state index contributed by atoms with van der Waals surface area (Å²) in [5, 5.41) is 2.50. The highest BCUT2D eigenvalue weighted by molar-refractivity contribution is 5.92. The number of amides is 1. The maximum atomic E-state index is 13.8. The van der Waals surface area contributed by atoms with Gasteiger partial charge in [0.25, 0.3) is 11.5 Å². The van der Waals surface area contributed by atoms with E-state index in [1.165, 1.54) is 17.8 Å². The fraction of sp³-hybridized carbons (Fsp3) is 0.238. The summed E-state index contributed by atoms with van der Waals surface area (Å²) in [5.74, 6) is -1.72. The SMILES string of the molecule is CNC(=O)c1cc(-n2c(C)cc(OCc3ncc(F)cc3F)c(C)c2=O)c(C)cn1. The van der Waals surface area contributed by atoms with Crippen LogP contribution in [0.3, 0.4) is 0 Å². The Bertz CT molecular complexity index is 1190. The van der Waals surface area contributed by atoms with Gasteiger partial charge in [-0.05, 0) is 32.4 Å². The van der Waals surface area contributed by atoms with Gasteiger partial charge in [-0.3, -0.25) is 24.1 Å². The Balaban J connectivity index is 2.00. The summed E-state index contributed by atoms with van der Waals surface area (Å²) in [5.41, 5.74) is 1.82. The van der Waals surface area contributed by atoms with Crippen molar-refractivity contribution in [1.82, 2.24) is 19.9 Å². The Morgan fingerprint density at radius 2 is 1.87 bits per heavy atom. The number of hydrogen-bond donors (Lipinski definition) is 1. The van der Waals surface area contributed by atoms with Gasteiger partial charge in [-0.15, -0.1) is 0 Å². The molecule has 0 aliphatic carbocycles. The number of halogens is 2. The fourth-order valence-corrected chi connectivity index (χ4v) is 2.95. The van der Waals surface area contributed by atoms with E-state index in [-0.39, 0.29) is 35.2 Å². The molecule has 0 radical (unpaired) electrons. The first-order chi connectivity index (χ1) is 14.2. The largest absolute Gasteiger partial charge is 0.487 e. The number of pyridine rings is 3. The highest BCUT2D eigenvalue weighted by atomic mass is 19.1. The predicted molar refractivity (Wildman–Crippen MR) is 106 cm³/mol. The van der Waals surface area contributed by atoms with Crippen molar-refractivity contribution in [3.8, 4) is 11.4 Å². The molecule has 0 atom stereocenters. The molecule has 7 nitrogen and oxygen atoms in total. The minimum atomic E-state index is -0.827. The van der Waals surface area contributed by atoms with E-state index in [4.69, 9.17) is 4.74 Å². The molecule has 0 saturated carbocycles. The molecule has 0 spiro atoms. The summed E-state index contributed by atoms with van der Waals surface area (Å²) in [7, 11) is 1.50. The van der Waals surface area contributed by atoms with Gasteiger partial charge >= 0.3 is 0 Å². The summed E-state index contributed by atoms with van der Waals surface area (Å²) in [6.07, 6.45) is 2.42. The molecule has 3 heterocycles. The van der Waals surface area contributed by atoms with Crippen molar-refractivity contribution in [1.29, 1.82) is 0 Å². The minimum absolute atomic E-state index is 0.0715. The second kappa shape index (κ2) is 8.40. The number of hydrogen-bond acceptors (Lipinski definition) is 5. The van der Waals surface area contributed by atoms with E-state index < -0.39 is 11.6 Å². The first-order valence-corrected chi connectivity index (χ1v) is 9.08. The quantitative estimate of drug-likeness (QED) is 0.694. The zero-order chi connectivity index (χ0) is 22.0. The Morgan fingerprint density at radius 3 is 2.53 bits per heavy atom. The van der Waals surface area contributed by atoms with Crippen molar-refractivity contribution in [2.45, 2.75) is 27.4 Å². The zero-order valence-electron chi connectivity index (χ0n) is 16.9. The lowest BCUT2D eigenvalue weighted by molar-refractivity contribution is 0.0958. The maximum absolute atomic E-state index is 13.8. The third kappa shape index (κ3) is 4.05. The molecular formula is C21H20F2N4O3. The number of rotatable bonds is 5. The number of carbonyl (C=O) groups is 1. The lowest BCUT2D eigenvalue weighted by atomic mass is 10.1. The number of nitrogens with zero attached hydrogens (tertiary/aromatic N) is 3. The normalized spacial score (nSPS) is 10.7. The average molecular weight is 414 g/mol. The molecule has 0 unspecified atom stereocenters. The number of aromatic nitrogens is 3. The number of nitrogens with one attached hydrogen (secondary N) is 1. The molecular weight excluding hydrogens is 394 g/mol. The number of aryl methyl sites for hydroxylation is 2. The summed E-state index contributed by atoms with van der Waals surface area (Å²) < 4.78 is 33.8. The Hall–Kier alpha value is -3.62. The van der Waals surface area contributed by atoms with E-state index in [2.05, 4.69) is 15.3 Å². The van der Waals surface area contributed by atoms with Crippen LogP contribution >= 0.6 is 0 Å². The van der Waals surface area contributed by atoms with Crippen molar-refractivity contribution < 1.29 is 18.3 Å². The van der Waals surface area contributed by atoms with Crippen molar-refractivity contribution in [3.63, 3.8) is 0 Å². The lowest BCUT2D eigenvalue weighted by Crippen LogP contribution is -2.26. The molecule has 0 fully saturated rings.